The standard InChI is InChI=1S/4C27H29FN.C25H23F3N/c1-16-12-21(27(4,5)6)15-24(18(16)3)26-25-20(13-17(2)29(26)7)9-8-19-14-22(28)10-11-23(19)25;1-16-12-21(27(4,5)6)14-23(18(16)3)26-25-20(13-17(2)29(26)7)9-8-19-10-11-22(28)15-24(19)25;1-16-13-20(27(4,5)6)15-23(18(16)3)26-25-19(14-17(2)29(26)7)11-12-21-22(25)9-8-10-24(21)28;1-16-12-20(27(4,5)6)15-23(18(16)3)26-25-19(13-17(2)29(26)7)14-24(28)21-10-8-9-11-22(21)25;1-14-10-15(2)17(4)20(11-14)24-23-19-9-7-6-8-18(19)13-22(25(26,27)28)21(23)12-16(3)29(24)5/h4*8-15H,1-7H3;6-13H,1-5H3/q5*+1/i2*13D;14D;13D;12D. The van der Waals surface area contributed by atoms with Gasteiger partial charge in [-0.3, -0.25) is 0 Å². The Hall–Kier alpha value is -13.8. The summed E-state index contributed by atoms with van der Waals surface area (Å²) in [7, 11) is 9.90. The summed E-state index contributed by atoms with van der Waals surface area (Å²) in [5.74, 6) is -1.01. The summed E-state index contributed by atoms with van der Waals surface area (Å²) >= 11 is 0. The Bertz CT molecular complexity index is 8810. The molecule has 20 rings (SSSR count). The van der Waals surface area contributed by atoms with Crippen LogP contribution in [-0.2, 0) is 63.1 Å². The van der Waals surface area contributed by atoms with Crippen molar-refractivity contribution in [3.8, 4) is 56.3 Å². The highest BCUT2D eigenvalue weighted by Gasteiger charge is 2.38. The van der Waals surface area contributed by atoms with E-state index in [4.69, 9.17) is 6.85 Å². The zero-order valence-corrected chi connectivity index (χ0v) is 90.6. The van der Waals surface area contributed by atoms with E-state index in [1.54, 1.807) is 43.3 Å². The number of pyridine rings is 5. The lowest BCUT2D eigenvalue weighted by molar-refractivity contribution is -0.665. The summed E-state index contributed by atoms with van der Waals surface area (Å²) in [6.07, 6.45) is -4.56. The minimum Gasteiger partial charge on any atom is -0.207 e. The molecule has 0 atom stereocenters. The van der Waals surface area contributed by atoms with Crippen molar-refractivity contribution in [1.29, 1.82) is 0 Å². The fourth-order valence-corrected chi connectivity index (χ4v) is 20.7. The molecule has 740 valence electrons. The number of hydrogen-bond donors (Lipinski definition) is 0. The van der Waals surface area contributed by atoms with Crippen LogP contribution in [0.4, 0.5) is 30.7 Å². The second kappa shape index (κ2) is 38.9. The smallest absolute Gasteiger partial charge is 0.207 e. The molecule has 0 saturated heterocycles. The normalized spacial score (nSPS) is 12.6. The SMILES string of the molecule is [2H]c1c(C)[n+](C)c(-c2cc(C(C)(C)C)cc(C)c2C)c2c1cc(F)c1ccccc12.[2H]c1c(C)[n+](C)c(-c2cc(C(C)(C)C)cc(C)c2C)c2c1ccc1c(F)cccc12.[2H]c1c(C)[n+](C)c(-c2cc(C(C)(C)C)cc(C)c2C)c2c1ccc1cc(F)ccc12.[2H]c1c(C)[n+](C)c(-c2cc(C(C)(C)C)cc(C)c2C)c2c1ccc1ccc(F)cc12.[2H]c1c(C)[n+](C)c(-c2cc(C)cc(C)c2C)c2c1c(C(F)(F)F)cc1ccccc12. The first-order chi connectivity index (χ1) is 70.1. The molecule has 5 aromatic heterocycles. The van der Waals surface area contributed by atoms with Crippen LogP contribution >= 0.6 is 0 Å². The zero-order chi connectivity index (χ0) is 110. The molecule has 0 fully saturated rings. The fourth-order valence-electron chi connectivity index (χ4n) is 20.7. The third kappa shape index (κ3) is 19.7. The van der Waals surface area contributed by atoms with Gasteiger partial charge in [-0.1, -0.05) is 228 Å². The van der Waals surface area contributed by atoms with Gasteiger partial charge in [0.1, 0.15) is 58.5 Å². The molecule has 0 N–H and O–H groups in total. The van der Waals surface area contributed by atoms with Crippen molar-refractivity contribution in [3.05, 3.63) is 383 Å². The van der Waals surface area contributed by atoms with Gasteiger partial charge in [0.2, 0.25) is 28.5 Å². The number of benzene rings is 15. The van der Waals surface area contributed by atoms with Gasteiger partial charge in [-0.25, -0.2) is 17.6 Å². The van der Waals surface area contributed by atoms with Crippen LogP contribution in [-0.4, -0.2) is 0 Å². The zero-order valence-electron chi connectivity index (χ0n) is 95.6. The third-order valence-electron chi connectivity index (χ3n) is 30.5. The molecule has 12 heteroatoms. The largest absolute Gasteiger partial charge is 0.417 e. The predicted molar refractivity (Wildman–Crippen MR) is 596 cm³/mol. The number of nitrogens with zero attached hydrogens (tertiary/aromatic N) is 5. The molecule has 5 nitrogen and oxygen atoms in total. The van der Waals surface area contributed by atoms with Crippen LogP contribution in [0.3, 0.4) is 0 Å². The van der Waals surface area contributed by atoms with Gasteiger partial charge >= 0.3 is 6.18 Å². The first-order valence-electron chi connectivity index (χ1n) is 52.6. The molecule has 5 heterocycles. The Kier molecular flexibility index (Phi) is 26.1. The Morgan fingerprint density at radius 2 is 0.524 bits per heavy atom. The highest BCUT2D eigenvalue weighted by atomic mass is 19.4. The average Bonchev–Trinajstić information content (AvgIpc) is 0.738. The van der Waals surface area contributed by atoms with E-state index < -0.39 is 11.7 Å². The molecule has 15 aromatic carbocycles. The molecule has 0 spiro atoms. The van der Waals surface area contributed by atoms with Crippen molar-refractivity contribution in [2.45, 2.75) is 222 Å². The second-order valence-corrected chi connectivity index (χ2v) is 44.5. The maximum Gasteiger partial charge on any atom is 0.417 e. The summed E-state index contributed by atoms with van der Waals surface area (Å²) < 4.78 is 154. The van der Waals surface area contributed by atoms with Crippen LogP contribution in [0, 0.1) is 134 Å². The van der Waals surface area contributed by atoms with Gasteiger partial charge in [-0.05, 0) is 313 Å². The number of rotatable bonds is 5. The van der Waals surface area contributed by atoms with E-state index in [2.05, 4.69) is 211 Å². The lowest BCUT2D eigenvalue weighted by atomic mass is 9.82. The van der Waals surface area contributed by atoms with Gasteiger partial charge in [-0.15, -0.1) is 0 Å². The minimum absolute atomic E-state index is 0.0141. The molecule has 0 saturated carbocycles. The van der Waals surface area contributed by atoms with Crippen LogP contribution < -0.4 is 22.8 Å². The van der Waals surface area contributed by atoms with E-state index in [-0.39, 0.29) is 56.4 Å². The first-order valence-corrected chi connectivity index (χ1v) is 50.1. The van der Waals surface area contributed by atoms with Crippen molar-refractivity contribution >= 4 is 108 Å². The van der Waals surface area contributed by atoms with Crippen molar-refractivity contribution in [2.75, 3.05) is 0 Å². The van der Waals surface area contributed by atoms with E-state index in [1.165, 1.54) is 103 Å². The number of halogens is 7. The van der Waals surface area contributed by atoms with Gasteiger partial charge in [0.15, 0.2) is 28.5 Å². The molecular weight excluding hydrogens is 1800 g/mol. The van der Waals surface area contributed by atoms with Crippen molar-refractivity contribution in [1.82, 2.24) is 0 Å². The molecule has 0 bridgehead atoms. The summed E-state index contributed by atoms with van der Waals surface area (Å²) in [6.45, 7) is 59.6. The Balaban J connectivity index is 0.000000133. The van der Waals surface area contributed by atoms with E-state index in [1.807, 2.05) is 179 Å². The average molecular weight is 1950 g/mol. The summed E-state index contributed by atoms with van der Waals surface area (Å²) in [5.41, 5.74) is 31.9. The molecule has 145 heavy (non-hydrogen) atoms. The molecule has 0 radical (unpaired) electrons. The van der Waals surface area contributed by atoms with Crippen molar-refractivity contribution < 1.29 is 60.4 Å². The van der Waals surface area contributed by atoms with E-state index in [0.717, 1.165) is 160 Å². The Morgan fingerprint density at radius 3 is 0.959 bits per heavy atom. The number of hydrogen-bond acceptors (Lipinski definition) is 0. The molecule has 0 amide bonds. The Morgan fingerprint density at radius 1 is 0.228 bits per heavy atom. The maximum atomic E-state index is 14.9. The molecule has 0 unspecified atom stereocenters. The van der Waals surface area contributed by atoms with Crippen LogP contribution in [0.15, 0.2) is 243 Å². The topological polar surface area (TPSA) is 19.4 Å². The molecule has 0 aliphatic rings. The second-order valence-electron chi connectivity index (χ2n) is 44.5. The van der Waals surface area contributed by atoms with E-state index in [0.29, 0.717) is 62.5 Å². The summed E-state index contributed by atoms with van der Waals surface area (Å²) in [6, 6.07) is 68.2. The number of aromatic nitrogens is 5. The summed E-state index contributed by atoms with van der Waals surface area (Å²) in [4.78, 5) is 0. The van der Waals surface area contributed by atoms with Gasteiger partial charge in [0, 0.05) is 81.0 Å². The summed E-state index contributed by atoms with van der Waals surface area (Å²) in [5, 5.41) is 15.4. The van der Waals surface area contributed by atoms with Crippen molar-refractivity contribution in [2.24, 2.45) is 35.2 Å². The molecular formula is C133H139F7N5+5. The number of aryl methyl sites for hydroxylation is 6. The van der Waals surface area contributed by atoms with Gasteiger partial charge in [-0.2, -0.15) is 36.0 Å². The van der Waals surface area contributed by atoms with Crippen LogP contribution in [0.1, 0.15) is 207 Å². The van der Waals surface area contributed by atoms with Crippen LogP contribution in [0.5, 0.6) is 0 Å². The van der Waals surface area contributed by atoms with Gasteiger partial charge < -0.3 is 0 Å². The predicted octanol–water partition coefficient (Wildman–Crippen LogP) is 34.1. The number of fused-ring (bicyclic) bond motifs is 15. The number of alkyl halides is 3. The van der Waals surface area contributed by atoms with Crippen molar-refractivity contribution in [3.63, 3.8) is 0 Å². The fraction of sp³-hybridized carbons (Fsp3) is 0.286. The molecule has 0 aliphatic heterocycles. The molecule has 20 aromatic rings. The maximum absolute atomic E-state index is 14.9. The molecule has 0 aliphatic carbocycles. The highest BCUT2D eigenvalue weighted by molar-refractivity contribution is 6.18. The van der Waals surface area contributed by atoms with E-state index >= 15 is 0 Å². The monoisotopic (exact) mass is 1940 g/mol. The van der Waals surface area contributed by atoms with Gasteiger partial charge in [0.05, 0.1) is 67.2 Å². The lowest BCUT2D eigenvalue weighted by Gasteiger charge is -2.22. The van der Waals surface area contributed by atoms with Crippen LogP contribution in [0.2, 0.25) is 0 Å². The van der Waals surface area contributed by atoms with E-state index in [9.17, 15) is 30.7 Å². The Labute approximate surface area is 859 Å². The first kappa shape index (κ1) is 97.2. The minimum atomic E-state index is -4.56. The quantitative estimate of drug-likeness (QED) is 0.0930. The van der Waals surface area contributed by atoms with Crippen LogP contribution in [0.25, 0.3) is 164 Å². The van der Waals surface area contributed by atoms with Gasteiger partial charge in [0.25, 0.3) is 0 Å². The lowest BCUT2D eigenvalue weighted by Crippen LogP contribution is -2.35. The highest BCUT2D eigenvalue weighted by Crippen LogP contribution is 2.48. The third-order valence-corrected chi connectivity index (χ3v) is 30.5.